The van der Waals surface area contributed by atoms with Gasteiger partial charge in [-0.2, -0.15) is 5.26 Å². The zero-order valence-electron chi connectivity index (χ0n) is 11.4. The first-order valence-electron chi connectivity index (χ1n) is 6.10. The number of hydrogen-bond donors (Lipinski definition) is 2. The Kier molecular flexibility index (Phi) is 4.67. The fraction of sp³-hybridized carbons (Fsp3) is 0.231. The van der Waals surface area contributed by atoms with Gasteiger partial charge in [0.25, 0.3) is 5.91 Å². The van der Waals surface area contributed by atoms with Gasteiger partial charge in [-0.15, -0.1) is 22.7 Å². The van der Waals surface area contributed by atoms with Crippen LogP contribution >= 0.6 is 22.7 Å². The summed E-state index contributed by atoms with van der Waals surface area (Å²) in [6.07, 6.45) is 0.804. The Hall–Kier alpha value is -2.24. The Morgan fingerprint density at radius 3 is 2.81 bits per heavy atom. The van der Waals surface area contributed by atoms with Crippen LogP contribution in [0.15, 0.2) is 11.4 Å². The lowest BCUT2D eigenvalue weighted by Gasteiger charge is -2.00. The number of nitrogens with one attached hydrogen (secondary N) is 2. The molecule has 0 bridgehead atoms. The summed E-state index contributed by atoms with van der Waals surface area (Å²) in [7, 11) is 0. The molecule has 6 nitrogen and oxygen atoms in total. The number of rotatable bonds is 4. The summed E-state index contributed by atoms with van der Waals surface area (Å²) in [5.74, 6) is -0.641. The van der Waals surface area contributed by atoms with E-state index < -0.39 is 5.91 Å². The van der Waals surface area contributed by atoms with E-state index in [2.05, 4.69) is 21.7 Å². The molecule has 0 aliphatic rings. The van der Waals surface area contributed by atoms with E-state index >= 15 is 0 Å². The lowest BCUT2D eigenvalue weighted by atomic mass is 10.3. The van der Waals surface area contributed by atoms with Gasteiger partial charge in [-0.05, 0) is 12.5 Å². The van der Waals surface area contributed by atoms with Gasteiger partial charge in [-0.25, -0.2) is 4.98 Å². The Balaban J connectivity index is 2.14. The van der Waals surface area contributed by atoms with Gasteiger partial charge in [0.2, 0.25) is 5.91 Å². The van der Waals surface area contributed by atoms with Crippen molar-refractivity contribution in [1.82, 2.24) is 4.98 Å². The van der Waals surface area contributed by atoms with Crippen molar-refractivity contribution in [1.29, 1.82) is 5.26 Å². The van der Waals surface area contributed by atoms with E-state index in [0.29, 0.717) is 15.7 Å². The predicted molar refractivity (Wildman–Crippen MR) is 82.8 cm³/mol. The maximum Gasteiger partial charge on any atom is 0.275 e. The zero-order chi connectivity index (χ0) is 15.4. The molecule has 21 heavy (non-hydrogen) atoms. The monoisotopic (exact) mass is 320 g/mol. The molecule has 0 atom stereocenters. The molecular formula is C13H12N4O2S2. The minimum Gasteiger partial charge on any atom is -0.311 e. The molecule has 2 aromatic heterocycles. The van der Waals surface area contributed by atoms with Gasteiger partial charge in [0.1, 0.15) is 16.8 Å². The molecule has 8 heteroatoms. The van der Waals surface area contributed by atoms with Crippen molar-refractivity contribution in [2.75, 3.05) is 10.6 Å². The number of thiazole rings is 1. The van der Waals surface area contributed by atoms with Crippen molar-refractivity contribution in [2.24, 2.45) is 0 Å². The predicted octanol–water partition coefficient (Wildman–Crippen LogP) is 2.85. The van der Waals surface area contributed by atoms with Crippen LogP contribution in [0.2, 0.25) is 0 Å². The molecule has 2 amide bonds. The topological polar surface area (TPSA) is 94.9 Å². The summed E-state index contributed by atoms with van der Waals surface area (Å²) in [6, 6.07) is 3.83. The van der Waals surface area contributed by atoms with Crippen LogP contribution in [-0.4, -0.2) is 16.8 Å². The van der Waals surface area contributed by atoms with Gasteiger partial charge in [-0.1, -0.05) is 6.92 Å². The van der Waals surface area contributed by atoms with Gasteiger partial charge in [0.05, 0.1) is 5.56 Å². The van der Waals surface area contributed by atoms with E-state index in [0.717, 1.165) is 11.3 Å². The molecule has 0 unspecified atom stereocenters. The summed E-state index contributed by atoms with van der Waals surface area (Å²) in [5, 5.41) is 16.7. The van der Waals surface area contributed by atoms with Gasteiger partial charge in [0, 0.05) is 17.2 Å². The van der Waals surface area contributed by atoms with Crippen LogP contribution in [0, 0.1) is 11.3 Å². The second kappa shape index (κ2) is 6.47. The van der Waals surface area contributed by atoms with Crippen LogP contribution in [0.5, 0.6) is 0 Å². The molecule has 0 aromatic carbocycles. The minimum atomic E-state index is -0.399. The van der Waals surface area contributed by atoms with Crippen LogP contribution in [0.4, 0.5) is 10.1 Å². The first-order valence-corrected chi connectivity index (χ1v) is 7.80. The van der Waals surface area contributed by atoms with E-state index in [-0.39, 0.29) is 11.6 Å². The summed E-state index contributed by atoms with van der Waals surface area (Å²) in [5.41, 5.74) is 0.654. The fourth-order valence-corrected chi connectivity index (χ4v) is 3.22. The van der Waals surface area contributed by atoms with Crippen molar-refractivity contribution in [3.63, 3.8) is 0 Å². The molecule has 2 heterocycles. The molecule has 0 fully saturated rings. The number of carbonyl (C=O) groups excluding carboxylic acids is 2. The van der Waals surface area contributed by atoms with E-state index in [4.69, 9.17) is 5.26 Å². The number of hydrogen-bond acceptors (Lipinski definition) is 6. The molecule has 0 aliphatic carbocycles. The quantitative estimate of drug-likeness (QED) is 0.905. The summed E-state index contributed by atoms with van der Waals surface area (Å²) in [6.45, 7) is 3.36. The maximum absolute atomic E-state index is 12.1. The van der Waals surface area contributed by atoms with Crippen LogP contribution in [-0.2, 0) is 11.2 Å². The van der Waals surface area contributed by atoms with Gasteiger partial charge in [-0.3, -0.25) is 9.59 Å². The van der Waals surface area contributed by atoms with E-state index in [1.54, 1.807) is 11.4 Å². The number of thiophene rings is 1. The minimum absolute atomic E-state index is 0.207. The standard InChI is InChI=1S/C13H12N4O2S2/c1-3-9-4-8(5-14)12(21-9)17-11(19)10-6-20-13(16-10)15-7(2)18/h4,6H,3H2,1-2H3,(H,17,19)(H,15,16,18). The van der Waals surface area contributed by atoms with Crippen LogP contribution < -0.4 is 10.6 Å². The van der Waals surface area contributed by atoms with Crippen LogP contribution in [0.3, 0.4) is 0 Å². The first-order chi connectivity index (χ1) is 10.0. The van der Waals surface area contributed by atoms with Crippen LogP contribution in [0.25, 0.3) is 0 Å². The smallest absolute Gasteiger partial charge is 0.275 e. The van der Waals surface area contributed by atoms with Crippen molar-refractivity contribution in [3.8, 4) is 6.07 Å². The fourth-order valence-electron chi connectivity index (χ4n) is 1.55. The highest BCUT2D eigenvalue weighted by atomic mass is 32.1. The van der Waals surface area contributed by atoms with Crippen molar-refractivity contribution < 1.29 is 9.59 Å². The van der Waals surface area contributed by atoms with Gasteiger partial charge < -0.3 is 10.6 Å². The Labute approximate surface area is 129 Å². The molecule has 0 saturated heterocycles. The molecular weight excluding hydrogens is 308 g/mol. The Morgan fingerprint density at radius 1 is 1.43 bits per heavy atom. The Morgan fingerprint density at radius 2 is 2.19 bits per heavy atom. The number of nitriles is 1. The van der Waals surface area contributed by atoms with E-state index in [1.165, 1.54) is 29.6 Å². The molecule has 0 saturated carbocycles. The van der Waals surface area contributed by atoms with Crippen LogP contribution in [0.1, 0.15) is 34.8 Å². The lowest BCUT2D eigenvalue weighted by molar-refractivity contribution is -0.114. The number of aryl methyl sites for hydroxylation is 1. The lowest BCUT2D eigenvalue weighted by Crippen LogP contribution is -2.12. The molecule has 0 aliphatic heterocycles. The van der Waals surface area contributed by atoms with Crippen molar-refractivity contribution in [2.45, 2.75) is 20.3 Å². The van der Waals surface area contributed by atoms with E-state index in [1.807, 2.05) is 6.92 Å². The first kappa shape index (κ1) is 15.2. The average Bonchev–Trinajstić information content (AvgIpc) is 3.04. The second-order valence-corrected chi connectivity index (χ2v) is 6.09. The van der Waals surface area contributed by atoms with Crippen molar-refractivity contribution in [3.05, 3.63) is 27.6 Å². The highest BCUT2D eigenvalue weighted by molar-refractivity contribution is 7.16. The third-order valence-corrected chi connectivity index (χ3v) is 4.45. The number of aromatic nitrogens is 1. The summed E-state index contributed by atoms with van der Waals surface area (Å²) >= 11 is 2.55. The van der Waals surface area contributed by atoms with E-state index in [9.17, 15) is 9.59 Å². The third-order valence-electron chi connectivity index (χ3n) is 2.50. The molecule has 0 radical (unpaired) electrons. The maximum atomic E-state index is 12.1. The molecule has 2 aromatic rings. The number of amides is 2. The number of nitrogens with zero attached hydrogens (tertiary/aromatic N) is 2. The van der Waals surface area contributed by atoms with Crippen molar-refractivity contribution >= 4 is 44.6 Å². The zero-order valence-corrected chi connectivity index (χ0v) is 13.0. The molecule has 0 spiro atoms. The van der Waals surface area contributed by atoms with Gasteiger partial charge in [0.15, 0.2) is 5.13 Å². The normalized spacial score (nSPS) is 9.95. The third kappa shape index (κ3) is 3.65. The molecule has 108 valence electrons. The average molecular weight is 320 g/mol. The van der Waals surface area contributed by atoms with Gasteiger partial charge >= 0.3 is 0 Å². The highest BCUT2D eigenvalue weighted by Crippen LogP contribution is 2.28. The highest BCUT2D eigenvalue weighted by Gasteiger charge is 2.15. The summed E-state index contributed by atoms with van der Waals surface area (Å²) < 4.78 is 0. The molecule has 2 rings (SSSR count). The molecule has 2 N–H and O–H groups in total. The summed E-state index contributed by atoms with van der Waals surface area (Å²) in [4.78, 5) is 28.1. The number of anilines is 2. The Bertz CT molecular complexity index is 727. The SMILES string of the molecule is CCc1cc(C#N)c(NC(=O)c2csc(NC(C)=O)n2)s1. The number of carbonyl (C=O) groups is 2. The second-order valence-electron chi connectivity index (χ2n) is 4.09. The largest absolute Gasteiger partial charge is 0.311 e.